The number of likely N-dealkylation sites (N-methyl/N-ethyl adjacent to an activating group) is 1. The summed E-state index contributed by atoms with van der Waals surface area (Å²) in [6, 6.07) is 0.764. The topological polar surface area (TPSA) is 38.8 Å². The number of amides is 1. The van der Waals surface area contributed by atoms with Gasteiger partial charge in [-0.05, 0) is 47.1 Å². The quantitative estimate of drug-likeness (QED) is 0.738. The van der Waals surface area contributed by atoms with Gasteiger partial charge in [-0.25, -0.2) is 0 Å². The predicted molar refractivity (Wildman–Crippen MR) is 83.9 cm³/mol. The Labute approximate surface area is 124 Å². The maximum Gasteiger partial charge on any atom is 0.236 e. The van der Waals surface area contributed by atoms with Crippen molar-refractivity contribution in [1.82, 2.24) is 20.0 Å². The van der Waals surface area contributed by atoms with Crippen LogP contribution in [-0.4, -0.2) is 86.6 Å². The Hall–Kier alpha value is -0.650. The molecule has 1 aliphatic rings. The van der Waals surface area contributed by atoms with Crippen LogP contribution in [-0.2, 0) is 4.79 Å². The molecule has 0 saturated carbocycles. The van der Waals surface area contributed by atoms with E-state index in [0.29, 0.717) is 18.6 Å². The van der Waals surface area contributed by atoms with Crippen molar-refractivity contribution in [2.24, 2.45) is 0 Å². The van der Waals surface area contributed by atoms with Crippen molar-refractivity contribution in [2.75, 3.05) is 53.9 Å². The molecule has 0 aromatic carbocycles. The molecule has 1 rings (SSSR count). The fourth-order valence-electron chi connectivity index (χ4n) is 2.52. The number of carbonyl (C=O) groups is 1. The Bertz CT molecular complexity index is 286. The van der Waals surface area contributed by atoms with Gasteiger partial charge in [0.1, 0.15) is 0 Å². The smallest absolute Gasteiger partial charge is 0.236 e. The predicted octanol–water partition coefficient (Wildman–Crippen LogP) is 0.469. The van der Waals surface area contributed by atoms with Crippen LogP contribution < -0.4 is 5.32 Å². The Balaban J connectivity index is 2.56. The van der Waals surface area contributed by atoms with E-state index in [1.165, 1.54) is 0 Å². The number of rotatable bonds is 7. The molecule has 1 amide bonds. The van der Waals surface area contributed by atoms with E-state index < -0.39 is 0 Å². The molecule has 0 atom stereocenters. The fraction of sp³-hybridized carbons (Fsp3) is 0.933. The Morgan fingerprint density at radius 1 is 1.25 bits per heavy atom. The number of nitrogens with zero attached hydrogens (tertiary/aromatic N) is 3. The maximum atomic E-state index is 12.5. The minimum atomic E-state index is 0.245. The van der Waals surface area contributed by atoms with Crippen molar-refractivity contribution in [3.05, 3.63) is 0 Å². The van der Waals surface area contributed by atoms with Gasteiger partial charge >= 0.3 is 0 Å². The summed E-state index contributed by atoms with van der Waals surface area (Å²) in [5.41, 5.74) is 0. The summed E-state index contributed by atoms with van der Waals surface area (Å²) in [6.07, 6.45) is 2.19. The van der Waals surface area contributed by atoms with Gasteiger partial charge in [0, 0.05) is 25.2 Å². The van der Waals surface area contributed by atoms with Crippen LogP contribution in [0.2, 0.25) is 0 Å². The molecule has 1 fully saturated rings. The molecule has 20 heavy (non-hydrogen) atoms. The molecule has 0 aromatic heterocycles. The van der Waals surface area contributed by atoms with Crippen molar-refractivity contribution in [3.63, 3.8) is 0 Å². The van der Waals surface area contributed by atoms with Crippen molar-refractivity contribution in [1.29, 1.82) is 0 Å². The normalized spacial score (nSPS) is 17.9. The Kier molecular flexibility index (Phi) is 7.48. The third-order valence-corrected chi connectivity index (χ3v) is 3.90. The van der Waals surface area contributed by atoms with E-state index >= 15 is 0 Å². The van der Waals surface area contributed by atoms with E-state index in [1.807, 2.05) is 0 Å². The standard InChI is InChI=1S/C15H32N4O/c1-13(2)16-12-15(20)19(11-10-17(3)4)14-6-8-18(5)9-7-14/h13-14,16H,6-12H2,1-5H3. The summed E-state index contributed by atoms with van der Waals surface area (Å²) in [5.74, 6) is 0.245. The third kappa shape index (κ3) is 6.20. The summed E-state index contributed by atoms with van der Waals surface area (Å²) < 4.78 is 0. The first kappa shape index (κ1) is 17.4. The summed E-state index contributed by atoms with van der Waals surface area (Å²) in [4.78, 5) is 19.1. The molecule has 1 saturated heterocycles. The van der Waals surface area contributed by atoms with Crippen LogP contribution in [0.3, 0.4) is 0 Å². The Morgan fingerprint density at radius 2 is 1.85 bits per heavy atom. The van der Waals surface area contributed by atoms with Crippen LogP contribution in [0.5, 0.6) is 0 Å². The molecule has 118 valence electrons. The van der Waals surface area contributed by atoms with Crippen molar-refractivity contribution in [2.45, 2.75) is 38.8 Å². The average molecular weight is 284 g/mol. The highest BCUT2D eigenvalue weighted by Crippen LogP contribution is 2.15. The van der Waals surface area contributed by atoms with Gasteiger partial charge in [0.15, 0.2) is 0 Å². The number of hydrogen-bond acceptors (Lipinski definition) is 4. The second-order valence-corrected chi connectivity index (χ2v) is 6.46. The van der Waals surface area contributed by atoms with Crippen LogP contribution in [0.4, 0.5) is 0 Å². The number of carbonyl (C=O) groups excluding carboxylic acids is 1. The summed E-state index contributed by atoms with van der Waals surface area (Å²) in [7, 11) is 6.27. The van der Waals surface area contributed by atoms with Crippen molar-refractivity contribution >= 4 is 5.91 Å². The molecule has 0 radical (unpaired) electrons. The fourth-order valence-corrected chi connectivity index (χ4v) is 2.52. The van der Waals surface area contributed by atoms with Crippen molar-refractivity contribution in [3.8, 4) is 0 Å². The van der Waals surface area contributed by atoms with Crippen LogP contribution in [0.25, 0.3) is 0 Å². The Morgan fingerprint density at radius 3 is 2.35 bits per heavy atom. The van der Waals surface area contributed by atoms with E-state index in [2.05, 4.69) is 55.0 Å². The lowest BCUT2D eigenvalue weighted by Crippen LogP contribution is -2.51. The third-order valence-electron chi connectivity index (χ3n) is 3.90. The minimum Gasteiger partial charge on any atom is -0.337 e. The van der Waals surface area contributed by atoms with Crippen LogP contribution >= 0.6 is 0 Å². The average Bonchev–Trinajstić information content (AvgIpc) is 2.38. The molecular formula is C15H32N4O. The molecule has 0 aliphatic carbocycles. The van der Waals surface area contributed by atoms with Crippen LogP contribution in [0.1, 0.15) is 26.7 Å². The molecule has 5 nitrogen and oxygen atoms in total. The largest absolute Gasteiger partial charge is 0.337 e. The van der Waals surface area contributed by atoms with Gasteiger partial charge in [0.05, 0.1) is 6.54 Å². The van der Waals surface area contributed by atoms with Gasteiger partial charge < -0.3 is 20.0 Å². The molecule has 0 unspecified atom stereocenters. The van der Waals surface area contributed by atoms with Crippen LogP contribution in [0.15, 0.2) is 0 Å². The number of hydrogen-bond donors (Lipinski definition) is 1. The zero-order valence-corrected chi connectivity index (χ0v) is 13.9. The van der Waals surface area contributed by atoms with E-state index in [9.17, 15) is 4.79 Å². The van der Waals surface area contributed by atoms with Gasteiger partial charge in [-0.2, -0.15) is 0 Å². The lowest BCUT2D eigenvalue weighted by Gasteiger charge is -2.38. The molecule has 5 heteroatoms. The molecule has 1 heterocycles. The molecule has 0 spiro atoms. The highest BCUT2D eigenvalue weighted by molar-refractivity contribution is 5.78. The van der Waals surface area contributed by atoms with Gasteiger partial charge in [-0.3, -0.25) is 4.79 Å². The van der Waals surface area contributed by atoms with Crippen LogP contribution in [0, 0.1) is 0 Å². The minimum absolute atomic E-state index is 0.245. The van der Waals surface area contributed by atoms with E-state index in [4.69, 9.17) is 0 Å². The molecule has 1 aliphatic heterocycles. The highest BCUT2D eigenvalue weighted by atomic mass is 16.2. The van der Waals surface area contributed by atoms with Gasteiger partial charge in [0.25, 0.3) is 0 Å². The second kappa shape index (κ2) is 8.60. The number of nitrogens with one attached hydrogen (secondary N) is 1. The molecule has 0 bridgehead atoms. The lowest BCUT2D eigenvalue weighted by atomic mass is 10.0. The van der Waals surface area contributed by atoms with E-state index in [0.717, 1.165) is 39.0 Å². The zero-order chi connectivity index (χ0) is 15.1. The first-order valence-corrected chi connectivity index (χ1v) is 7.76. The van der Waals surface area contributed by atoms with E-state index in [-0.39, 0.29) is 5.91 Å². The lowest BCUT2D eigenvalue weighted by molar-refractivity contribution is -0.133. The first-order chi connectivity index (χ1) is 9.40. The summed E-state index contributed by atoms with van der Waals surface area (Å²) in [6.45, 7) is 8.55. The van der Waals surface area contributed by atoms with Gasteiger partial charge in [0.2, 0.25) is 5.91 Å². The summed E-state index contributed by atoms with van der Waals surface area (Å²) in [5, 5.41) is 3.25. The zero-order valence-electron chi connectivity index (χ0n) is 13.9. The second-order valence-electron chi connectivity index (χ2n) is 6.46. The van der Waals surface area contributed by atoms with E-state index in [1.54, 1.807) is 0 Å². The van der Waals surface area contributed by atoms with Gasteiger partial charge in [-0.15, -0.1) is 0 Å². The monoisotopic (exact) mass is 284 g/mol. The molecular weight excluding hydrogens is 252 g/mol. The molecule has 1 N–H and O–H groups in total. The maximum absolute atomic E-state index is 12.5. The number of likely N-dealkylation sites (tertiary alicyclic amines) is 1. The molecule has 0 aromatic rings. The SMILES string of the molecule is CC(C)NCC(=O)N(CCN(C)C)C1CCN(C)CC1. The summed E-state index contributed by atoms with van der Waals surface area (Å²) >= 11 is 0. The number of piperidine rings is 1. The first-order valence-electron chi connectivity index (χ1n) is 7.76. The van der Waals surface area contributed by atoms with Gasteiger partial charge in [-0.1, -0.05) is 13.8 Å². The highest BCUT2D eigenvalue weighted by Gasteiger charge is 2.26. The van der Waals surface area contributed by atoms with Crippen molar-refractivity contribution < 1.29 is 4.79 Å².